The number of esters is 1. The van der Waals surface area contributed by atoms with Gasteiger partial charge in [-0.3, -0.25) is 4.79 Å². The first-order chi connectivity index (χ1) is 21.8. The first-order valence-corrected chi connectivity index (χ1v) is 15.0. The molecule has 10 nitrogen and oxygen atoms in total. The lowest BCUT2D eigenvalue weighted by Crippen LogP contribution is -2.19. The van der Waals surface area contributed by atoms with Crippen molar-refractivity contribution in [3.8, 4) is 39.9 Å². The molecule has 0 aliphatic carbocycles. The van der Waals surface area contributed by atoms with Crippen molar-refractivity contribution < 1.29 is 33.3 Å². The minimum absolute atomic E-state index is 0.178. The average molecular weight is 737 g/mol. The van der Waals surface area contributed by atoms with Crippen molar-refractivity contribution in [1.29, 1.82) is 0 Å². The number of fused-ring (bicyclic) bond motifs is 1. The molecule has 1 amide bonds. The molecule has 0 unspecified atom stereocenters. The van der Waals surface area contributed by atoms with Crippen LogP contribution in [0, 0.1) is 0 Å². The van der Waals surface area contributed by atoms with E-state index in [0.29, 0.717) is 49.8 Å². The van der Waals surface area contributed by atoms with E-state index in [1.165, 1.54) is 39.7 Å². The molecule has 1 aromatic heterocycles. The van der Waals surface area contributed by atoms with Gasteiger partial charge in [-0.2, -0.15) is 5.10 Å². The molecule has 0 spiro atoms. The van der Waals surface area contributed by atoms with Gasteiger partial charge in [-0.15, -0.1) is 0 Å². The van der Waals surface area contributed by atoms with Crippen molar-refractivity contribution in [2.24, 2.45) is 5.10 Å². The number of nitrogens with zero attached hydrogens (tertiary/aromatic N) is 1. The van der Waals surface area contributed by atoms with Gasteiger partial charge in [-0.05, 0) is 48.0 Å². The van der Waals surface area contributed by atoms with Crippen LogP contribution in [0.3, 0.4) is 0 Å². The Labute approximate surface area is 275 Å². The highest BCUT2D eigenvalue weighted by Crippen LogP contribution is 2.41. The van der Waals surface area contributed by atoms with Crippen LogP contribution in [0.4, 0.5) is 0 Å². The summed E-state index contributed by atoms with van der Waals surface area (Å²) in [5.74, 6) is 0.600. The first-order valence-electron chi connectivity index (χ1n) is 13.4. The summed E-state index contributed by atoms with van der Waals surface area (Å²) in [5, 5.41) is 4.99. The number of carbonyl (C=O) groups is 2. The van der Waals surface area contributed by atoms with Gasteiger partial charge in [-0.25, -0.2) is 10.2 Å². The highest BCUT2D eigenvalue weighted by molar-refractivity contribution is 9.11. The van der Waals surface area contributed by atoms with E-state index >= 15 is 0 Å². The van der Waals surface area contributed by atoms with Crippen molar-refractivity contribution in [2.75, 3.05) is 28.4 Å². The zero-order chi connectivity index (χ0) is 32.1. The van der Waals surface area contributed by atoms with E-state index in [-0.39, 0.29) is 11.3 Å². The Balaban J connectivity index is 1.44. The second kappa shape index (κ2) is 13.9. The molecular formula is C33H27Br2N3O7. The summed E-state index contributed by atoms with van der Waals surface area (Å²) in [4.78, 5) is 29.9. The van der Waals surface area contributed by atoms with Gasteiger partial charge < -0.3 is 28.7 Å². The van der Waals surface area contributed by atoms with Crippen LogP contribution in [0.25, 0.3) is 22.0 Å². The van der Waals surface area contributed by atoms with Gasteiger partial charge in [0.2, 0.25) is 5.75 Å². The van der Waals surface area contributed by atoms with Crippen molar-refractivity contribution in [1.82, 2.24) is 10.4 Å². The molecule has 0 radical (unpaired) electrons. The molecule has 0 atom stereocenters. The number of methoxy groups -OCH3 is 4. The maximum absolute atomic E-state index is 13.6. The Bertz CT molecular complexity index is 1900. The second-order valence-corrected chi connectivity index (χ2v) is 11.2. The Kier molecular flexibility index (Phi) is 9.74. The summed E-state index contributed by atoms with van der Waals surface area (Å²) in [5.41, 5.74) is 5.67. The van der Waals surface area contributed by atoms with Crippen molar-refractivity contribution in [2.45, 2.75) is 0 Å². The summed E-state index contributed by atoms with van der Waals surface area (Å²) < 4.78 is 28.8. The summed E-state index contributed by atoms with van der Waals surface area (Å²) in [6, 6.07) is 21.2. The fourth-order valence-electron chi connectivity index (χ4n) is 4.76. The molecular weight excluding hydrogens is 710 g/mol. The van der Waals surface area contributed by atoms with E-state index in [1.807, 2.05) is 42.5 Å². The quantitative estimate of drug-likeness (QED) is 0.0665. The number of halogens is 2. The van der Waals surface area contributed by atoms with Gasteiger partial charge >= 0.3 is 5.97 Å². The van der Waals surface area contributed by atoms with Crippen LogP contribution in [0.1, 0.15) is 26.4 Å². The molecule has 5 rings (SSSR count). The van der Waals surface area contributed by atoms with Crippen LogP contribution in [-0.2, 0) is 0 Å². The summed E-state index contributed by atoms with van der Waals surface area (Å²) in [6.07, 6.45) is 1.39. The van der Waals surface area contributed by atoms with Gasteiger partial charge in [0.25, 0.3) is 5.91 Å². The number of benzene rings is 4. The van der Waals surface area contributed by atoms with E-state index < -0.39 is 11.9 Å². The summed E-state index contributed by atoms with van der Waals surface area (Å²) in [7, 11) is 5.96. The monoisotopic (exact) mass is 735 g/mol. The molecule has 0 saturated carbocycles. The third kappa shape index (κ3) is 6.52. The molecule has 5 aromatic rings. The number of rotatable bonds is 10. The number of amides is 1. The molecule has 0 aliphatic heterocycles. The minimum atomic E-state index is -0.666. The number of hydrazone groups is 1. The van der Waals surface area contributed by atoms with Crippen LogP contribution in [0.15, 0.2) is 86.8 Å². The van der Waals surface area contributed by atoms with Crippen molar-refractivity contribution >= 4 is 60.9 Å². The molecule has 4 aromatic carbocycles. The molecule has 1 heterocycles. The highest BCUT2D eigenvalue weighted by atomic mass is 79.9. The number of H-pyrrole nitrogens is 1. The van der Waals surface area contributed by atoms with Crippen LogP contribution in [0.5, 0.6) is 28.7 Å². The normalized spacial score (nSPS) is 11.0. The lowest BCUT2D eigenvalue weighted by Gasteiger charge is -2.14. The maximum atomic E-state index is 13.6. The van der Waals surface area contributed by atoms with E-state index in [0.717, 1.165) is 15.4 Å². The molecule has 12 heteroatoms. The van der Waals surface area contributed by atoms with Crippen LogP contribution in [-0.4, -0.2) is 51.5 Å². The molecule has 2 N–H and O–H groups in total. The second-order valence-electron chi connectivity index (χ2n) is 9.43. The largest absolute Gasteiger partial charge is 0.495 e. The number of aromatic nitrogens is 1. The fourth-order valence-corrected chi connectivity index (χ4v) is 5.67. The van der Waals surface area contributed by atoms with E-state index in [9.17, 15) is 9.59 Å². The Hall–Kier alpha value is -4.81. The zero-order valence-electron chi connectivity index (χ0n) is 24.6. The lowest BCUT2D eigenvalue weighted by atomic mass is 10.0. The van der Waals surface area contributed by atoms with Gasteiger partial charge in [0.05, 0.1) is 45.7 Å². The highest BCUT2D eigenvalue weighted by Gasteiger charge is 2.23. The molecule has 0 saturated heterocycles. The van der Waals surface area contributed by atoms with Crippen LogP contribution >= 0.6 is 31.9 Å². The predicted molar refractivity (Wildman–Crippen MR) is 178 cm³/mol. The molecule has 0 bridgehead atoms. The molecule has 0 fully saturated rings. The SMILES string of the molecule is COc1cc(C(=O)Oc2ccc(Br)cc2C=NNC(=O)c2[nH]c3c(OC)ccc(Br)c3c2-c2ccccc2)cc(OC)c1OC. The molecule has 45 heavy (non-hydrogen) atoms. The molecule has 0 aliphatic rings. The molecule has 230 valence electrons. The smallest absolute Gasteiger partial charge is 0.343 e. The number of aromatic amines is 1. The van der Waals surface area contributed by atoms with Gasteiger partial charge in [0.1, 0.15) is 17.2 Å². The van der Waals surface area contributed by atoms with E-state index in [2.05, 4.69) is 47.4 Å². The van der Waals surface area contributed by atoms with Gasteiger partial charge in [-0.1, -0.05) is 62.2 Å². The summed E-state index contributed by atoms with van der Waals surface area (Å²) >= 11 is 7.06. The third-order valence-corrected chi connectivity index (χ3v) is 7.97. The van der Waals surface area contributed by atoms with Crippen molar-refractivity contribution in [3.63, 3.8) is 0 Å². The van der Waals surface area contributed by atoms with E-state index in [4.69, 9.17) is 23.7 Å². The van der Waals surface area contributed by atoms with Crippen LogP contribution in [0.2, 0.25) is 0 Å². The number of hydrogen-bond donors (Lipinski definition) is 2. The Morgan fingerprint density at radius 2 is 1.47 bits per heavy atom. The minimum Gasteiger partial charge on any atom is -0.495 e. The summed E-state index contributed by atoms with van der Waals surface area (Å²) in [6.45, 7) is 0. The van der Waals surface area contributed by atoms with Crippen LogP contribution < -0.4 is 29.1 Å². The van der Waals surface area contributed by atoms with Gasteiger partial charge in [0, 0.05) is 25.5 Å². The first kappa shape index (κ1) is 31.6. The maximum Gasteiger partial charge on any atom is 0.343 e. The number of carbonyl (C=O) groups excluding carboxylic acids is 2. The topological polar surface area (TPSA) is 120 Å². The number of hydrogen-bond acceptors (Lipinski definition) is 8. The van der Waals surface area contributed by atoms with Gasteiger partial charge in [0.15, 0.2) is 11.5 Å². The lowest BCUT2D eigenvalue weighted by molar-refractivity contribution is 0.0733. The Morgan fingerprint density at radius 1 is 0.800 bits per heavy atom. The predicted octanol–water partition coefficient (Wildman–Crippen LogP) is 7.38. The third-order valence-electron chi connectivity index (χ3n) is 6.82. The van der Waals surface area contributed by atoms with E-state index in [1.54, 1.807) is 25.3 Å². The van der Waals surface area contributed by atoms with Crippen molar-refractivity contribution in [3.05, 3.63) is 98.6 Å². The average Bonchev–Trinajstić information content (AvgIpc) is 3.47. The number of ether oxygens (including phenoxy) is 5. The Morgan fingerprint density at radius 3 is 2.11 bits per heavy atom. The zero-order valence-corrected chi connectivity index (χ0v) is 27.7. The fraction of sp³-hybridized carbons (Fsp3) is 0.121. The standard InChI is InChI=1S/C33H27Br2N3O7/c1-41-24-13-11-22(35)28-27(18-8-6-5-7-9-18)30(37-29(24)28)32(39)38-36-17-20-14-21(34)10-12-23(20)45-33(40)19-15-25(42-2)31(44-4)26(16-19)43-3/h5-17,37H,1-4H3,(H,38,39). The number of nitrogens with one attached hydrogen (secondary N) is 2.